The molecule has 1 aliphatic heterocycles. The standard InChI is InChI=1S/C14H19N3O4/c1-3-4-5-6-9-16-13-11(21-10(2)14(16)18)7-8-12(15-13)17(19)20/h7-8,10H,3-6,9H2,1-2H3. The number of rotatable bonds is 6. The normalized spacial score (nSPS) is 17.3. The third-order valence-corrected chi connectivity index (χ3v) is 3.42. The SMILES string of the molecule is CCCCCCN1C(=O)C(C)Oc2ccc([N+](=O)[O-])nc21. The number of amides is 1. The number of hydrogen-bond donors (Lipinski definition) is 0. The molecule has 7 heteroatoms. The van der Waals surface area contributed by atoms with E-state index in [9.17, 15) is 14.9 Å². The molecule has 0 saturated heterocycles. The van der Waals surface area contributed by atoms with Gasteiger partial charge in [-0.15, -0.1) is 0 Å². The summed E-state index contributed by atoms with van der Waals surface area (Å²) in [5.41, 5.74) is 0. The van der Waals surface area contributed by atoms with Gasteiger partial charge in [0.25, 0.3) is 11.7 Å². The molecular formula is C14H19N3O4. The van der Waals surface area contributed by atoms with Gasteiger partial charge in [-0.2, -0.15) is 0 Å². The first kappa shape index (κ1) is 15.2. The van der Waals surface area contributed by atoms with E-state index in [1.165, 1.54) is 17.0 Å². The Morgan fingerprint density at radius 3 is 2.81 bits per heavy atom. The number of carbonyl (C=O) groups is 1. The van der Waals surface area contributed by atoms with Crippen LogP contribution in [0.25, 0.3) is 0 Å². The number of hydrogen-bond acceptors (Lipinski definition) is 5. The minimum absolute atomic E-state index is 0.202. The maximum absolute atomic E-state index is 12.2. The van der Waals surface area contributed by atoms with Crippen molar-refractivity contribution in [3.05, 3.63) is 22.2 Å². The van der Waals surface area contributed by atoms with E-state index in [1.54, 1.807) is 6.92 Å². The Balaban J connectivity index is 2.24. The van der Waals surface area contributed by atoms with E-state index in [4.69, 9.17) is 4.74 Å². The molecule has 2 heterocycles. The van der Waals surface area contributed by atoms with Crippen molar-refractivity contribution in [2.24, 2.45) is 0 Å². The van der Waals surface area contributed by atoms with Crippen LogP contribution < -0.4 is 9.64 Å². The Kier molecular flexibility index (Phi) is 4.72. The van der Waals surface area contributed by atoms with E-state index in [1.807, 2.05) is 0 Å². The lowest BCUT2D eigenvalue weighted by Crippen LogP contribution is -2.45. The zero-order valence-electron chi connectivity index (χ0n) is 12.2. The van der Waals surface area contributed by atoms with Gasteiger partial charge in [-0.3, -0.25) is 9.69 Å². The molecule has 7 nitrogen and oxygen atoms in total. The van der Waals surface area contributed by atoms with Gasteiger partial charge in [0.05, 0.1) is 0 Å². The van der Waals surface area contributed by atoms with Gasteiger partial charge < -0.3 is 14.9 Å². The van der Waals surface area contributed by atoms with Gasteiger partial charge in [0.1, 0.15) is 0 Å². The predicted molar refractivity (Wildman–Crippen MR) is 77.5 cm³/mol. The third kappa shape index (κ3) is 3.29. The lowest BCUT2D eigenvalue weighted by molar-refractivity contribution is -0.389. The maximum Gasteiger partial charge on any atom is 0.366 e. The molecule has 0 spiro atoms. The summed E-state index contributed by atoms with van der Waals surface area (Å²) in [7, 11) is 0. The summed E-state index contributed by atoms with van der Waals surface area (Å²) < 4.78 is 5.46. The molecule has 0 fully saturated rings. The number of carbonyl (C=O) groups excluding carboxylic acids is 1. The molecular weight excluding hydrogens is 274 g/mol. The molecule has 0 radical (unpaired) electrons. The van der Waals surface area contributed by atoms with Crippen LogP contribution in [-0.2, 0) is 4.79 Å². The molecule has 0 aliphatic carbocycles. The molecule has 2 rings (SSSR count). The van der Waals surface area contributed by atoms with Gasteiger partial charge in [-0.25, -0.2) is 0 Å². The number of aromatic nitrogens is 1. The molecule has 1 aliphatic rings. The monoisotopic (exact) mass is 293 g/mol. The fraction of sp³-hybridized carbons (Fsp3) is 0.571. The average molecular weight is 293 g/mol. The van der Waals surface area contributed by atoms with Crippen molar-refractivity contribution in [3.63, 3.8) is 0 Å². The number of nitro groups is 1. The predicted octanol–water partition coefficient (Wildman–Crippen LogP) is 2.68. The van der Waals surface area contributed by atoms with Gasteiger partial charge in [-0.05, 0) is 29.3 Å². The van der Waals surface area contributed by atoms with Crippen LogP contribution in [0.15, 0.2) is 12.1 Å². The number of pyridine rings is 1. The highest BCUT2D eigenvalue weighted by atomic mass is 16.6. The van der Waals surface area contributed by atoms with Crippen LogP contribution in [0, 0.1) is 10.1 Å². The van der Waals surface area contributed by atoms with Gasteiger partial charge in [0.2, 0.25) is 0 Å². The summed E-state index contributed by atoms with van der Waals surface area (Å²) >= 11 is 0. The van der Waals surface area contributed by atoms with Crippen molar-refractivity contribution in [3.8, 4) is 5.75 Å². The second-order valence-electron chi connectivity index (χ2n) is 5.06. The molecule has 1 atom stereocenters. The average Bonchev–Trinajstić information content (AvgIpc) is 2.46. The second kappa shape index (κ2) is 6.51. The highest BCUT2D eigenvalue weighted by molar-refractivity contribution is 5.98. The van der Waals surface area contributed by atoms with Crippen molar-refractivity contribution >= 4 is 17.5 Å². The van der Waals surface area contributed by atoms with E-state index in [0.717, 1.165) is 25.7 Å². The van der Waals surface area contributed by atoms with Crippen LogP contribution in [0.1, 0.15) is 39.5 Å². The molecule has 0 N–H and O–H groups in total. The Morgan fingerprint density at radius 2 is 2.14 bits per heavy atom. The Morgan fingerprint density at radius 1 is 1.38 bits per heavy atom. The van der Waals surface area contributed by atoms with E-state index >= 15 is 0 Å². The van der Waals surface area contributed by atoms with Crippen molar-refractivity contribution < 1.29 is 14.5 Å². The van der Waals surface area contributed by atoms with Crippen LogP contribution >= 0.6 is 0 Å². The van der Waals surface area contributed by atoms with Crippen molar-refractivity contribution in [1.82, 2.24) is 4.98 Å². The van der Waals surface area contributed by atoms with Crippen LogP contribution in [0.2, 0.25) is 0 Å². The zero-order valence-corrected chi connectivity index (χ0v) is 12.2. The van der Waals surface area contributed by atoms with E-state index in [-0.39, 0.29) is 17.5 Å². The Hall–Kier alpha value is -2.18. The largest absolute Gasteiger partial charge is 0.475 e. The summed E-state index contributed by atoms with van der Waals surface area (Å²) in [6.45, 7) is 4.29. The third-order valence-electron chi connectivity index (χ3n) is 3.42. The smallest absolute Gasteiger partial charge is 0.366 e. The highest BCUT2D eigenvalue weighted by Crippen LogP contribution is 2.34. The van der Waals surface area contributed by atoms with Crippen LogP contribution in [0.4, 0.5) is 11.6 Å². The first-order chi connectivity index (χ1) is 10.0. The zero-order chi connectivity index (χ0) is 15.4. The van der Waals surface area contributed by atoms with Crippen LogP contribution in [0.5, 0.6) is 5.75 Å². The van der Waals surface area contributed by atoms with Gasteiger partial charge in [0, 0.05) is 12.6 Å². The van der Waals surface area contributed by atoms with Crippen molar-refractivity contribution in [1.29, 1.82) is 0 Å². The number of ether oxygens (including phenoxy) is 1. The Labute approximate surface area is 123 Å². The summed E-state index contributed by atoms with van der Waals surface area (Å²) in [4.78, 5) is 28.0. The summed E-state index contributed by atoms with van der Waals surface area (Å²) in [6, 6.07) is 2.79. The van der Waals surface area contributed by atoms with E-state index < -0.39 is 11.0 Å². The fourth-order valence-electron chi connectivity index (χ4n) is 2.29. The number of unbranched alkanes of at least 4 members (excludes halogenated alkanes) is 3. The molecule has 1 aromatic rings. The van der Waals surface area contributed by atoms with Crippen LogP contribution in [-0.4, -0.2) is 28.5 Å². The number of anilines is 1. The summed E-state index contributed by atoms with van der Waals surface area (Å²) in [5, 5.41) is 10.8. The maximum atomic E-state index is 12.2. The quantitative estimate of drug-likeness (QED) is 0.457. The molecule has 1 amide bonds. The van der Waals surface area contributed by atoms with Gasteiger partial charge in [0.15, 0.2) is 11.9 Å². The van der Waals surface area contributed by atoms with Crippen molar-refractivity contribution in [2.45, 2.75) is 45.6 Å². The molecule has 114 valence electrons. The van der Waals surface area contributed by atoms with E-state index in [2.05, 4.69) is 11.9 Å². The van der Waals surface area contributed by atoms with Crippen LogP contribution in [0.3, 0.4) is 0 Å². The lowest BCUT2D eigenvalue weighted by Gasteiger charge is -2.29. The molecule has 0 aromatic carbocycles. The summed E-state index contributed by atoms with van der Waals surface area (Å²) in [5.74, 6) is 0.192. The molecule has 1 aromatic heterocycles. The van der Waals surface area contributed by atoms with E-state index in [0.29, 0.717) is 12.3 Å². The first-order valence-electron chi connectivity index (χ1n) is 7.18. The van der Waals surface area contributed by atoms with Gasteiger partial charge in [-0.1, -0.05) is 26.2 Å². The molecule has 21 heavy (non-hydrogen) atoms. The minimum atomic E-state index is -0.591. The Bertz CT molecular complexity index is 547. The number of nitrogens with zero attached hydrogens (tertiary/aromatic N) is 3. The topological polar surface area (TPSA) is 85.6 Å². The second-order valence-corrected chi connectivity index (χ2v) is 5.06. The first-order valence-corrected chi connectivity index (χ1v) is 7.18. The fourth-order valence-corrected chi connectivity index (χ4v) is 2.29. The molecule has 0 bridgehead atoms. The molecule has 1 unspecified atom stereocenters. The molecule has 0 saturated carbocycles. The lowest BCUT2D eigenvalue weighted by atomic mass is 10.1. The highest BCUT2D eigenvalue weighted by Gasteiger charge is 2.36. The van der Waals surface area contributed by atoms with Crippen molar-refractivity contribution in [2.75, 3.05) is 11.4 Å². The summed E-state index contributed by atoms with van der Waals surface area (Å²) in [6.07, 6.45) is 3.47. The van der Waals surface area contributed by atoms with Gasteiger partial charge >= 0.3 is 5.82 Å². The number of fused-ring (bicyclic) bond motifs is 1. The minimum Gasteiger partial charge on any atom is -0.475 e.